The van der Waals surface area contributed by atoms with Crippen LogP contribution in [0.2, 0.25) is 0 Å². The van der Waals surface area contributed by atoms with Crippen LogP contribution >= 0.6 is 0 Å². The Kier molecular flexibility index (Phi) is 4.63. The number of piperidine rings is 2. The van der Waals surface area contributed by atoms with Gasteiger partial charge in [0.15, 0.2) is 0 Å². The summed E-state index contributed by atoms with van der Waals surface area (Å²) in [5, 5.41) is 3.25. The van der Waals surface area contributed by atoms with E-state index < -0.39 is 22.9 Å². The summed E-state index contributed by atoms with van der Waals surface area (Å²) in [4.78, 5) is 0. The molecule has 0 radical (unpaired) electrons. The molecule has 0 amide bonds. The van der Waals surface area contributed by atoms with Crippen LogP contribution in [0.4, 0.5) is 13.2 Å². The fourth-order valence-corrected chi connectivity index (χ4v) is 4.35. The van der Waals surface area contributed by atoms with Gasteiger partial charge in [-0.15, -0.1) is 0 Å². The van der Waals surface area contributed by atoms with Crippen LogP contribution in [-0.2, 0) is 10.2 Å². The average Bonchev–Trinajstić information content (AvgIpc) is 2.37. The van der Waals surface area contributed by atoms with Crippen LogP contribution < -0.4 is 10.0 Å². The summed E-state index contributed by atoms with van der Waals surface area (Å²) in [5.41, 5.74) is -0.122. The van der Waals surface area contributed by atoms with Crippen LogP contribution in [0.25, 0.3) is 0 Å². The molecule has 5 nitrogen and oxygen atoms in total. The average molecular weight is 315 g/mol. The van der Waals surface area contributed by atoms with Crippen LogP contribution in [-0.4, -0.2) is 51.6 Å². The lowest BCUT2D eigenvalue weighted by Crippen LogP contribution is -2.55. The predicted octanol–water partition coefficient (Wildman–Crippen LogP) is 0.849. The molecule has 0 bridgehead atoms. The first-order valence-electron chi connectivity index (χ1n) is 6.75. The number of nitrogens with zero attached hydrogens (tertiary/aromatic N) is 1. The number of hydrogen-bond donors (Lipinski definition) is 2. The van der Waals surface area contributed by atoms with E-state index in [1.54, 1.807) is 4.72 Å². The maximum atomic E-state index is 12.1. The molecule has 2 fully saturated rings. The third-order valence-corrected chi connectivity index (χ3v) is 5.48. The smallest absolute Gasteiger partial charge is 0.316 e. The van der Waals surface area contributed by atoms with E-state index in [9.17, 15) is 21.6 Å². The summed E-state index contributed by atoms with van der Waals surface area (Å²) in [5.74, 6) is 0. The monoisotopic (exact) mass is 315 g/mol. The number of rotatable bonds is 3. The highest BCUT2D eigenvalue weighted by atomic mass is 32.2. The largest absolute Gasteiger partial charge is 0.402 e. The molecule has 2 aliphatic rings. The molecule has 0 aromatic rings. The molecule has 0 aliphatic carbocycles. The van der Waals surface area contributed by atoms with Crippen molar-refractivity contribution in [2.75, 3.05) is 32.7 Å². The quantitative estimate of drug-likeness (QED) is 0.812. The van der Waals surface area contributed by atoms with Gasteiger partial charge in [0.1, 0.15) is 6.54 Å². The van der Waals surface area contributed by atoms with Crippen molar-refractivity contribution in [3.63, 3.8) is 0 Å². The van der Waals surface area contributed by atoms with E-state index in [1.807, 2.05) is 0 Å². The van der Waals surface area contributed by atoms with Crippen LogP contribution in [0.3, 0.4) is 0 Å². The van der Waals surface area contributed by atoms with Gasteiger partial charge in [-0.2, -0.15) is 30.6 Å². The molecule has 118 valence electrons. The van der Waals surface area contributed by atoms with Gasteiger partial charge in [-0.05, 0) is 37.6 Å². The van der Waals surface area contributed by atoms with E-state index in [-0.39, 0.29) is 12.0 Å². The Morgan fingerprint density at radius 1 is 1.25 bits per heavy atom. The second-order valence-corrected chi connectivity index (χ2v) is 7.41. The first kappa shape index (κ1) is 16.0. The van der Waals surface area contributed by atoms with Crippen molar-refractivity contribution >= 4 is 10.2 Å². The topological polar surface area (TPSA) is 61.4 Å². The lowest BCUT2D eigenvalue weighted by atomic mass is 9.75. The summed E-state index contributed by atoms with van der Waals surface area (Å²) in [6.07, 6.45) is -1.03. The van der Waals surface area contributed by atoms with Gasteiger partial charge in [-0.3, -0.25) is 0 Å². The van der Waals surface area contributed by atoms with Gasteiger partial charge >= 0.3 is 6.18 Å². The molecule has 2 rings (SSSR count). The van der Waals surface area contributed by atoms with Crippen molar-refractivity contribution in [1.82, 2.24) is 14.3 Å². The van der Waals surface area contributed by atoms with Gasteiger partial charge < -0.3 is 5.32 Å². The van der Waals surface area contributed by atoms with Gasteiger partial charge in [0.05, 0.1) is 0 Å². The third-order valence-electron chi connectivity index (χ3n) is 3.98. The van der Waals surface area contributed by atoms with Crippen LogP contribution in [0.1, 0.15) is 25.7 Å². The van der Waals surface area contributed by atoms with Crippen molar-refractivity contribution < 1.29 is 21.6 Å². The Morgan fingerprint density at radius 3 is 2.55 bits per heavy atom. The van der Waals surface area contributed by atoms with E-state index in [4.69, 9.17) is 0 Å². The second-order valence-electron chi connectivity index (χ2n) is 5.66. The van der Waals surface area contributed by atoms with E-state index >= 15 is 0 Å². The molecule has 0 aromatic carbocycles. The van der Waals surface area contributed by atoms with Crippen molar-refractivity contribution in [1.29, 1.82) is 0 Å². The molecular formula is C11H20F3N3O2S. The number of nitrogens with one attached hydrogen (secondary N) is 2. The van der Waals surface area contributed by atoms with Crippen LogP contribution in [0.5, 0.6) is 0 Å². The summed E-state index contributed by atoms with van der Waals surface area (Å²) in [6, 6.07) is 0. The summed E-state index contributed by atoms with van der Waals surface area (Å²) in [7, 11) is -4.06. The highest BCUT2D eigenvalue weighted by molar-refractivity contribution is 7.87. The van der Waals surface area contributed by atoms with Crippen molar-refractivity contribution in [2.24, 2.45) is 5.41 Å². The molecule has 2 saturated heterocycles. The standard InChI is InChI=1S/C11H20F3N3O2S/c12-11(13,14)8-16-20(18,19)17-6-2-4-10(9-17)3-1-5-15-7-10/h15-16H,1-9H2. The van der Waals surface area contributed by atoms with Crippen molar-refractivity contribution in [3.05, 3.63) is 0 Å². The fraction of sp³-hybridized carbons (Fsp3) is 1.00. The molecule has 1 unspecified atom stereocenters. The minimum atomic E-state index is -4.53. The fourth-order valence-electron chi connectivity index (χ4n) is 3.01. The van der Waals surface area contributed by atoms with Gasteiger partial charge in [-0.1, -0.05) is 0 Å². The van der Waals surface area contributed by atoms with E-state index in [0.717, 1.165) is 36.7 Å². The molecule has 20 heavy (non-hydrogen) atoms. The van der Waals surface area contributed by atoms with E-state index in [2.05, 4.69) is 5.32 Å². The Morgan fingerprint density at radius 2 is 1.95 bits per heavy atom. The molecule has 2 N–H and O–H groups in total. The molecule has 0 aromatic heterocycles. The molecule has 9 heteroatoms. The third kappa shape index (κ3) is 4.06. The predicted molar refractivity (Wildman–Crippen MR) is 68.3 cm³/mol. The lowest BCUT2D eigenvalue weighted by Gasteiger charge is -2.44. The number of halogens is 3. The summed E-state index contributed by atoms with van der Waals surface area (Å²) < 4.78 is 63.1. The highest BCUT2D eigenvalue weighted by Crippen LogP contribution is 2.36. The van der Waals surface area contributed by atoms with E-state index in [0.29, 0.717) is 13.0 Å². The highest BCUT2D eigenvalue weighted by Gasteiger charge is 2.41. The molecule has 2 heterocycles. The summed E-state index contributed by atoms with van der Waals surface area (Å²) >= 11 is 0. The zero-order chi connectivity index (χ0) is 14.9. The van der Waals surface area contributed by atoms with E-state index in [1.165, 1.54) is 0 Å². The minimum Gasteiger partial charge on any atom is -0.316 e. The lowest BCUT2D eigenvalue weighted by molar-refractivity contribution is -0.121. The Labute approximate surface area is 117 Å². The normalized spacial score (nSPS) is 29.8. The van der Waals surface area contributed by atoms with Crippen LogP contribution in [0.15, 0.2) is 0 Å². The number of alkyl halides is 3. The molecule has 2 aliphatic heterocycles. The molecule has 1 atom stereocenters. The first-order valence-corrected chi connectivity index (χ1v) is 8.19. The molecular weight excluding hydrogens is 295 g/mol. The zero-order valence-electron chi connectivity index (χ0n) is 11.2. The zero-order valence-corrected chi connectivity index (χ0v) is 12.0. The van der Waals surface area contributed by atoms with Crippen LogP contribution in [0, 0.1) is 5.41 Å². The van der Waals surface area contributed by atoms with Gasteiger partial charge in [0.2, 0.25) is 0 Å². The van der Waals surface area contributed by atoms with Gasteiger partial charge in [-0.25, -0.2) is 0 Å². The maximum absolute atomic E-state index is 12.1. The molecule has 1 spiro atoms. The number of hydrogen-bond acceptors (Lipinski definition) is 3. The first-order chi connectivity index (χ1) is 9.23. The van der Waals surface area contributed by atoms with Crippen molar-refractivity contribution in [2.45, 2.75) is 31.9 Å². The molecule has 0 saturated carbocycles. The Balaban J connectivity index is 2.00. The Hall–Kier alpha value is -0.380. The Bertz CT molecular complexity index is 427. The maximum Gasteiger partial charge on any atom is 0.402 e. The second kappa shape index (κ2) is 5.78. The van der Waals surface area contributed by atoms with Crippen molar-refractivity contribution in [3.8, 4) is 0 Å². The summed E-state index contributed by atoms with van der Waals surface area (Å²) in [6.45, 7) is 0.721. The van der Waals surface area contributed by atoms with Gasteiger partial charge in [0.25, 0.3) is 10.2 Å². The minimum absolute atomic E-state index is 0.122. The SMILES string of the molecule is O=S(=O)(NCC(F)(F)F)N1CCCC2(CCCNC2)C1. The van der Waals surface area contributed by atoms with Gasteiger partial charge in [0, 0.05) is 19.6 Å².